The molecule has 0 bridgehead atoms. The van der Waals surface area contributed by atoms with E-state index in [1.807, 2.05) is 36.1 Å². The molecular weight excluding hydrogens is 453 g/mol. The molecule has 2 aliphatic rings. The van der Waals surface area contributed by atoms with Crippen molar-refractivity contribution in [2.75, 3.05) is 35.4 Å². The Balaban J connectivity index is 1.35. The molecule has 0 aliphatic carbocycles. The van der Waals surface area contributed by atoms with Crippen molar-refractivity contribution >= 4 is 27.3 Å². The number of fused-ring (bicyclic) bond motifs is 1. The number of rotatable bonds is 4. The average Bonchev–Trinajstić information content (AvgIpc) is 3.20. The zero-order valence-electron chi connectivity index (χ0n) is 18.9. The highest BCUT2D eigenvalue weighted by Crippen LogP contribution is 2.36. The molecule has 1 atom stereocenters. The number of carbonyl (C=O) groups is 1. The van der Waals surface area contributed by atoms with Crippen LogP contribution in [-0.4, -0.2) is 51.4 Å². The highest BCUT2D eigenvalue weighted by Gasteiger charge is 2.36. The Labute approximate surface area is 199 Å². The topological polar surface area (TPSA) is 60.9 Å². The van der Waals surface area contributed by atoms with Crippen molar-refractivity contribution in [3.63, 3.8) is 0 Å². The lowest BCUT2D eigenvalue weighted by atomic mass is 10.1. The molecule has 0 spiro atoms. The Bertz CT molecular complexity index is 1340. The third kappa shape index (κ3) is 3.92. The van der Waals surface area contributed by atoms with Crippen LogP contribution >= 0.6 is 0 Å². The van der Waals surface area contributed by atoms with Gasteiger partial charge in [-0.05, 0) is 55.3 Å². The third-order valence-electron chi connectivity index (χ3n) is 6.54. The second kappa shape index (κ2) is 8.76. The van der Waals surface area contributed by atoms with Crippen LogP contribution in [0.3, 0.4) is 0 Å². The third-order valence-corrected chi connectivity index (χ3v) is 8.47. The summed E-state index contributed by atoms with van der Waals surface area (Å²) in [5, 5.41) is 0. The summed E-state index contributed by atoms with van der Waals surface area (Å²) < 4.78 is 42.7. The summed E-state index contributed by atoms with van der Waals surface area (Å²) >= 11 is 0. The Morgan fingerprint density at radius 1 is 0.882 bits per heavy atom. The van der Waals surface area contributed by atoms with Crippen LogP contribution in [-0.2, 0) is 16.4 Å². The van der Waals surface area contributed by atoms with E-state index in [-0.39, 0.29) is 22.7 Å². The predicted molar refractivity (Wildman–Crippen MR) is 130 cm³/mol. The molecule has 1 fully saturated rings. The highest BCUT2D eigenvalue weighted by molar-refractivity contribution is 7.92. The van der Waals surface area contributed by atoms with Gasteiger partial charge in [-0.3, -0.25) is 9.10 Å². The van der Waals surface area contributed by atoms with Crippen LogP contribution in [0, 0.1) is 5.82 Å². The van der Waals surface area contributed by atoms with E-state index in [0.29, 0.717) is 49.5 Å². The van der Waals surface area contributed by atoms with E-state index in [1.165, 1.54) is 22.5 Å². The summed E-state index contributed by atoms with van der Waals surface area (Å²) in [6.45, 7) is 3.77. The van der Waals surface area contributed by atoms with E-state index in [1.54, 1.807) is 35.2 Å². The maximum atomic E-state index is 14.1. The summed E-state index contributed by atoms with van der Waals surface area (Å²) in [6, 6.07) is 20.2. The molecule has 5 rings (SSSR count). The first kappa shape index (κ1) is 22.4. The first-order valence-electron chi connectivity index (χ1n) is 11.4. The molecular formula is C26H26FN3O3S. The molecule has 2 heterocycles. The quantitative estimate of drug-likeness (QED) is 0.569. The number of carbonyl (C=O) groups excluding carboxylic acids is 1. The van der Waals surface area contributed by atoms with E-state index >= 15 is 0 Å². The number of benzene rings is 3. The van der Waals surface area contributed by atoms with E-state index in [9.17, 15) is 17.6 Å². The van der Waals surface area contributed by atoms with Crippen LogP contribution in [0.4, 0.5) is 15.8 Å². The molecule has 6 nitrogen and oxygen atoms in total. The molecule has 34 heavy (non-hydrogen) atoms. The van der Waals surface area contributed by atoms with Crippen LogP contribution < -0.4 is 9.21 Å². The smallest absolute Gasteiger partial charge is 0.264 e. The van der Waals surface area contributed by atoms with E-state index in [4.69, 9.17) is 0 Å². The molecule has 0 saturated carbocycles. The van der Waals surface area contributed by atoms with Gasteiger partial charge in [-0.15, -0.1) is 0 Å². The number of para-hydroxylation sites is 2. The Hall–Kier alpha value is -3.39. The summed E-state index contributed by atoms with van der Waals surface area (Å²) in [4.78, 5) is 16.9. The van der Waals surface area contributed by atoms with Crippen molar-refractivity contribution in [1.29, 1.82) is 0 Å². The first-order chi connectivity index (χ1) is 16.4. The largest absolute Gasteiger partial charge is 0.366 e. The zero-order valence-corrected chi connectivity index (χ0v) is 19.7. The van der Waals surface area contributed by atoms with E-state index in [0.717, 1.165) is 5.56 Å². The summed E-state index contributed by atoms with van der Waals surface area (Å²) in [7, 11) is -3.82. The minimum absolute atomic E-state index is 0.104. The van der Waals surface area contributed by atoms with Crippen molar-refractivity contribution in [3.05, 3.63) is 89.7 Å². The fourth-order valence-corrected chi connectivity index (χ4v) is 6.59. The molecule has 3 aromatic carbocycles. The van der Waals surface area contributed by atoms with Crippen LogP contribution in [0.15, 0.2) is 77.7 Å². The second-order valence-corrected chi connectivity index (χ2v) is 10.6. The van der Waals surface area contributed by atoms with Gasteiger partial charge in [0.2, 0.25) is 0 Å². The lowest BCUT2D eigenvalue weighted by Crippen LogP contribution is -2.49. The van der Waals surface area contributed by atoms with Gasteiger partial charge in [0.15, 0.2) is 0 Å². The number of piperazine rings is 1. The second-order valence-electron chi connectivity index (χ2n) is 8.74. The molecule has 176 valence electrons. The summed E-state index contributed by atoms with van der Waals surface area (Å²) in [6.07, 6.45) is 0.653. The fraction of sp³-hybridized carbons (Fsp3) is 0.269. The Morgan fingerprint density at radius 2 is 1.56 bits per heavy atom. The Kier molecular flexibility index (Phi) is 5.77. The van der Waals surface area contributed by atoms with E-state index < -0.39 is 10.0 Å². The average molecular weight is 480 g/mol. The van der Waals surface area contributed by atoms with Gasteiger partial charge in [0.25, 0.3) is 15.9 Å². The molecule has 1 unspecified atom stereocenters. The van der Waals surface area contributed by atoms with Crippen LogP contribution in [0.1, 0.15) is 22.8 Å². The maximum absolute atomic E-state index is 14.1. The van der Waals surface area contributed by atoms with E-state index in [2.05, 4.69) is 0 Å². The molecule has 0 N–H and O–H groups in total. The maximum Gasteiger partial charge on any atom is 0.264 e. The van der Waals surface area contributed by atoms with Crippen LogP contribution in [0.25, 0.3) is 0 Å². The Morgan fingerprint density at radius 3 is 2.29 bits per heavy atom. The number of nitrogens with zero attached hydrogens (tertiary/aromatic N) is 3. The number of halogens is 1. The van der Waals surface area contributed by atoms with Crippen molar-refractivity contribution < 1.29 is 17.6 Å². The normalized spacial score (nSPS) is 18.2. The van der Waals surface area contributed by atoms with Crippen LogP contribution in [0.5, 0.6) is 0 Å². The highest BCUT2D eigenvalue weighted by atomic mass is 32.2. The minimum Gasteiger partial charge on any atom is -0.366 e. The molecule has 0 radical (unpaired) electrons. The lowest BCUT2D eigenvalue weighted by Gasteiger charge is -2.36. The molecule has 8 heteroatoms. The molecule has 1 saturated heterocycles. The standard InChI is InChI=1S/C26H26FN3O3S/c1-19-17-20-7-2-4-11-24(20)30(19)34(32,33)22-9-6-8-21(18-22)26(31)29-15-13-28(14-16-29)25-12-5-3-10-23(25)27/h2-12,18-19H,13-17H2,1H3. The SMILES string of the molecule is CC1Cc2ccccc2N1S(=O)(=O)c1cccc(C(=O)N2CCN(c3ccccc3F)CC2)c1. The monoisotopic (exact) mass is 479 g/mol. The van der Waals surface area contributed by atoms with Gasteiger partial charge in [0, 0.05) is 37.8 Å². The first-order valence-corrected chi connectivity index (χ1v) is 12.8. The minimum atomic E-state index is -3.82. The van der Waals surface area contributed by atoms with Gasteiger partial charge in [-0.1, -0.05) is 36.4 Å². The van der Waals surface area contributed by atoms with Gasteiger partial charge in [0.05, 0.1) is 16.3 Å². The summed E-state index contributed by atoms with van der Waals surface area (Å²) in [5.74, 6) is -0.502. The van der Waals surface area contributed by atoms with Gasteiger partial charge >= 0.3 is 0 Å². The fourth-order valence-electron chi connectivity index (χ4n) is 4.85. The summed E-state index contributed by atoms with van der Waals surface area (Å²) in [5.41, 5.74) is 2.55. The molecule has 1 amide bonds. The van der Waals surface area contributed by atoms with Gasteiger partial charge in [-0.2, -0.15) is 0 Å². The van der Waals surface area contributed by atoms with Crippen LogP contribution in [0.2, 0.25) is 0 Å². The molecule has 2 aliphatic heterocycles. The predicted octanol–water partition coefficient (Wildman–Crippen LogP) is 3.93. The van der Waals surface area contributed by atoms with Gasteiger partial charge in [0.1, 0.15) is 5.82 Å². The number of hydrogen-bond acceptors (Lipinski definition) is 4. The van der Waals surface area contributed by atoms with Gasteiger partial charge < -0.3 is 9.80 Å². The molecule has 0 aromatic heterocycles. The number of hydrogen-bond donors (Lipinski definition) is 0. The van der Waals surface area contributed by atoms with Crippen molar-refractivity contribution in [3.8, 4) is 0 Å². The molecule has 3 aromatic rings. The van der Waals surface area contributed by atoms with Crippen molar-refractivity contribution in [2.45, 2.75) is 24.3 Å². The number of amides is 1. The number of sulfonamides is 1. The lowest BCUT2D eigenvalue weighted by molar-refractivity contribution is 0.0746. The zero-order chi connectivity index (χ0) is 23.9. The number of anilines is 2. The van der Waals surface area contributed by atoms with Gasteiger partial charge in [-0.25, -0.2) is 12.8 Å². The van der Waals surface area contributed by atoms with Crippen molar-refractivity contribution in [1.82, 2.24) is 4.90 Å². The van der Waals surface area contributed by atoms with Crippen molar-refractivity contribution in [2.24, 2.45) is 0 Å².